The fraction of sp³-hybridized carbons (Fsp3) is 0.316. The zero-order valence-corrected chi connectivity index (χ0v) is 14.4. The summed E-state index contributed by atoms with van der Waals surface area (Å²) in [7, 11) is 4.01. The number of amides is 1. The standard InChI is InChI=1S/C19H24FN3O/c1-4-23(13-15-5-11-18(12-6-15)22(2)3)14-19(24)21-17-9-7-16(20)8-10-17/h5-12H,4,13-14H2,1-3H3,(H,21,24). The van der Waals surface area contributed by atoms with Gasteiger partial charge in [0.25, 0.3) is 0 Å². The van der Waals surface area contributed by atoms with Crippen molar-refractivity contribution in [2.24, 2.45) is 0 Å². The lowest BCUT2D eigenvalue weighted by molar-refractivity contribution is -0.117. The van der Waals surface area contributed by atoms with E-state index < -0.39 is 0 Å². The van der Waals surface area contributed by atoms with E-state index >= 15 is 0 Å². The van der Waals surface area contributed by atoms with E-state index in [-0.39, 0.29) is 11.7 Å². The van der Waals surface area contributed by atoms with Gasteiger partial charge in [0.05, 0.1) is 6.54 Å². The van der Waals surface area contributed by atoms with Crippen molar-refractivity contribution in [3.63, 3.8) is 0 Å². The summed E-state index contributed by atoms with van der Waals surface area (Å²) in [4.78, 5) is 16.3. The molecule has 0 heterocycles. The van der Waals surface area contributed by atoms with Crippen molar-refractivity contribution in [3.05, 3.63) is 59.9 Å². The Kier molecular flexibility index (Phi) is 6.32. The summed E-state index contributed by atoms with van der Waals surface area (Å²) in [6, 6.07) is 14.1. The van der Waals surface area contributed by atoms with Gasteiger partial charge in [0, 0.05) is 32.0 Å². The SMILES string of the molecule is CCN(CC(=O)Nc1ccc(F)cc1)Cc1ccc(N(C)C)cc1. The molecule has 2 rings (SSSR count). The van der Waals surface area contributed by atoms with Crippen molar-refractivity contribution in [1.29, 1.82) is 0 Å². The molecule has 0 aromatic heterocycles. The Morgan fingerprint density at radius 3 is 2.21 bits per heavy atom. The lowest BCUT2D eigenvalue weighted by atomic mass is 10.2. The molecule has 1 N–H and O–H groups in total. The van der Waals surface area contributed by atoms with Gasteiger partial charge < -0.3 is 10.2 Å². The lowest BCUT2D eigenvalue weighted by Gasteiger charge is -2.20. The quantitative estimate of drug-likeness (QED) is 0.846. The van der Waals surface area contributed by atoms with Crippen molar-refractivity contribution in [2.75, 3.05) is 37.4 Å². The normalized spacial score (nSPS) is 10.7. The predicted molar refractivity (Wildman–Crippen MR) is 96.7 cm³/mol. The molecule has 0 saturated carbocycles. The third kappa shape index (κ3) is 5.35. The molecular formula is C19H24FN3O. The molecule has 24 heavy (non-hydrogen) atoms. The Balaban J connectivity index is 1.91. The Labute approximate surface area is 142 Å². The van der Waals surface area contributed by atoms with Crippen LogP contribution < -0.4 is 10.2 Å². The number of benzene rings is 2. The highest BCUT2D eigenvalue weighted by Crippen LogP contribution is 2.14. The molecule has 0 aliphatic heterocycles. The van der Waals surface area contributed by atoms with Gasteiger partial charge in [0.1, 0.15) is 5.82 Å². The van der Waals surface area contributed by atoms with Gasteiger partial charge in [-0.15, -0.1) is 0 Å². The van der Waals surface area contributed by atoms with Crippen LogP contribution in [0.25, 0.3) is 0 Å². The molecule has 0 fully saturated rings. The molecule has 0 radical (unpaired) electrons. The minimum Gasteiger partial charge on any atom is -0.378 e. The number of carbonyl (C=O) groups excluding carboxylic acids is 1. The summed E-state index contributed by atoms with van der Waals surface area (Å²) in [5.41, 5.74) is 2.92. The van der Waals surface area contributed by atoms with Gasteiger partial charge in [-0.2, -0.15) is 0 Å². The van der Waals surface area contributed by atoms with E-state index in [1.807, 2.05) is 21.0 Å². The number of carbonyl (C=O) groups is 1. The van der Waals surface area contributed by atoms with E-state index in [0.717, 1.165) is 17.8 Å². The molecule has 0 aliphatic carbocycles. The van der Waals surface area contributed by atoms with Crippen LogP contribution >= 0.6 is 0 Å². The maximum atomic E-state index is 12.9. The molecule has 0 bridgehead atoms. The molecule has 0 spiro atoms. The second-order valence-electron chi connectivity index (χ2n) is 5.92. The van der Waals surface area contributed by atoms with Gasteiger partial charge in [0.15, 0.2) is 0 Å². The first-order valence-corrected chi connectivity index (χ1v) is 8.02. The van der Waals surface area contributed by atoms with Gasteiger partial charge in [-0.25, -0.2) is 4.39 Å². The van der Waals surface area contributed by atoms with E-state index in [9.17, 15) is 9.18 Å². The largest absolute Gasteiger partial charge is 0.378 e. The second-order valence-corrected chi connectivity index (χ2v) is 5.92. The van der Waals surface area contributed by atoms with E-state index in [2.05, 4.69) is 39.4 Å². The van der Waals surface area contributed by atoms with E-state index in [1.54, 1.807) is 12.1 Å². The van der Waals surface area contributed by atoms with Crippen LogP contribution in [0.5, 0.6) is 0 Å². The Hall–Kier alpha value is -2.40. The van der Waals surface area contributed by atoms with Crippen LogP contribution in [-0.2, 0) is 11.3 Å². The van der Waals surface area contributed by atoms with Crippen molar-refractivity contribution < 1.29 is 9.18 Å². The summed E-state index contributed by atoms with van der Waals surface area (Å²) >= 11 is 0. The average molecular weight is 329 g/mol. The summed E-state index contributed by atoms with van der Waals surface area (Å²) in [5, 5.41) is 2.79. The molecule has 4 nitrogen and oxygen atoms in total. The lowest BCUT2D eigenvalue weighted by Crippen LogP contribution is -2.32. The Morgan fingerprint density at radius 2 is 1.67 bits per heavy atom. The summed E-state index contributed by atoms with van der Waals surface area (Å²) in [6.07, 6.45) is 0. The molecule has 0 atom stereocenters. The smallest absolute Gasteiger partial charge is 0.238 e. The number of rotatable bonds is 7. The number of hydrogen-bond donors (Lipinski definition) is 1. The van der Waals surface area contributed by atoms with E-state index in [0.29, 0.717) is 18.8 Å². The fourth-order valence-electron chi connectivity index (χ4n) is 2.37. The van der Waals surface area contributed by atoms with E-state index in [1.165, 1.54) is 12.1 Å². The third-order valence-corrected chi connectivity index (χ3v) is 3.80. The highest BCUT2D eigenvalue weighted by atomic mass is 19.1. The molecule has 5 heteroatoms. The monoisotopic (exact) mass is 329 g/mol. The van der Waals surface area contributed by atoms with Crippen LogP contribution in [-0.4, -0.2) is 38.0 Å². The number of anilines is 2. The maximum Gasteiger partial charge on any atom is 0.238 e. The zero-order chi connectivity index (χ0) is 17.5. The number of nitrogens with zero attached hydrogens (tertiary/aromatic N) is 2. The van der Waals surface area contributed by atoms with Crippen LogP contribution in [0.1, 0.15) is 12.5 Å². The summed E-state index contributed by atoms with van der Waals surface area (Å²) in [5.74, 6) is -0.419. The van der Waals surface area contributed by atoms with Crippen molar-refractivity contribution in [2.45, 2.75) is 13.5 Å². The predicted octanol–water partition coefficient (Wildman–Crippen LogP) is 3.35. The maximum absolute atomic E-state index is 12.9. The first kappa shape index (κ1) is 17.9. The van der Waals surface area contributed by atoms with Crippen molar-refractivity contribution in [3.8, 4) is 0 Å². The minimum absolute atomic E-state index is 0.103. The Morgan fingerprint density at radius 1 is 1.04 bits per heavy atom. The summed E-state index contributed by atoms with van der Waals surface area (Å²) in [6.45, 7) is 3.80. The number of hydrogen-bond acceptors (Lipinski definition) is 3. The van der Waals surface area contributed by atoms with Crippen LogP contribution in [0.2, 0.25) is 0 Å². The number of likely N-dealkylation sites (N-methyl/N-ethyl adjacent to an activating group) is 1. The first-order valence-electron chi connectivity index (χ1n) is 8.02. The molecule has 0 aliphatic rings. The summed E-state index contributed by atoms with van der Waals surface area (Å²) < 4.78 is 12.9. The highest BCUT2D eigenvalue weighted by Gasteiger charge is 2.10. The second kappa shape index (κ2) is 8.45. The number of nitrogens with one attached hydrogen (secondary N) is 1. The zero-order valence-electron chi connectivity index (χ0n) is 14.4. The van der Waals surface area contributed by atoms with Crippen LogP contribution in [0.3, 0.4) is 0 Å². The molecular weight excluding hydrogens is 305 g/mol. The molecule has 2 aromatic rings. The van der Waals surface area contributed by atoms with Gasteiger partial charge in [0.2, 0.25) is 5.91 Å². The molecule has 2 aromatic carbocycles. The highest BCUT2D eigenvalue weighted by molar-refractivity contribution is 5.92. The topological polar surface area (TPSA) is 35.6 Å². The van der Waals surface area contributed by atoms with Crippen LogP contribution in [0, 0.1) is 5.82 Å². The molecule has 128 valence electrons. The average Bonchev–Trinajstić information content (AvgIpc) is 2.56. The molecule has 1 amide bonds. The minimum atomic E-state index is -0.315. The van der Waals surface area contributed by atoms with Crippen LogP contribution in [0.4, 0.5) is 15.8 Å². The van der Waals surface area contributed by atoms with Gasteiger partial charge in [-0.05, 0) is 48.5 Å². The number of halogens is 1. The van der Waals surface area contributed by atoms with Gasteiger partial charge >= 0.3 is 0 Å². The third-order valence-electron chi connectivity index (χ3n) is 3.80. The van der Waals surface area contributed by atoms with Crippen LogP contribution in [0.15, 0.2) is 48.5 Å². The first-order chi connectivity index (χ1) is 11.5. The Bertz CT molecular complexity index is 653. The van der Waals surface area contributed by atoms with E-state index in [4.69, 9.17) is 0 Å². The fourth-order valence-corrected chi connectivity index (χ4v) is 2.37. The molecule has 0 unspecified atom stereocenters. The molecule has 0 saturated heterocycles. The van der Waals surface area contributed by atoms with Gasteiger partial charge in [-0.3, -0.25) is 9.69 Å². The van der Waals surface area contributed by atoms with Crippen molar-refractivity contribution >= 4 is 17.3 Å². The van der Waals surface area contributed by atoms with Gasteiger partial charge in [-0.1, -0.05) is 19.1 Å². The van der Waals surface area contributed by atoms with Crippen molar-refractivity contribution in [1.82, 2.24) is 4.90 Å².